The summed E-state index contributed by atoms with van der Waals surface area (Å²) in [5, 5.41) is 13.9. The summed E-state index contributed by atoms with van der Waals surface area (Å²) in [7, 11) is 0. The molecule has 160 valence electrons. The number of ether oxygens (including phenoxy) is 1. The first kappa shape index (κ1) is 21.4. The topological polar surface area (TPSA) is 101 Å². The van der Waals surface area contributed by atoms with Crippen LogP contribution in [-0.4, -0.2) is 40.4 Å². The van der Waals surface area contributed by atoms with Crippen molar-refractivity contribution in [2.45, 2.75) is 24.6 Å². The normalized spacial score (nSPS) is 24.2. The molecule has 1 aromatic carbocycles. The maximum atomic E-state index is 13.8. The average Bonchev–Trinajstić information content (AvgIpc) is 2.67. The molecule has 2 aromatic rings. The second kappa shape index (κ2) is 7.86. The molecule has 12 heteroatoms. The van der Waals surface area contributed by atoms with Gasteiger partial charge in [-0.2, -0.15) is 22.0 Å². The van der Waals surface area contributed by atoms with E-state index in [-0.39, 0.29) is 11.1 Å². The number of carbonyl (C=O) groups excluding carboxylic acids is 2. The van der Waals surface area contributed by atoms with Crippen LogP contribution in [0.5, 0.6) is 5.75 Å². The molecule has 0 spiro atoms. The lowest BCUT2D eigenvalue weighted by Gasteiger charge is -2.45. The second-order valence-electron chi connectivity index (χ2n) is 6.34. The standard InChI is InChI=1S/C18H14F5N3O4/c19-15(20)30-11-6-2-1-5-10(11)13-12(14(27)9-4-3-7-24-8-9)17(29,18(21,22)23)26-16(28)25-13/h1-8,12-13,15,29H,(H2,25,26,28). The third-order valence-corrected chi connectivity index (χ3v) is 4.50. The zero-order valence-electron chi connectivity index (χ0n) is 14.9. The number of hydrogen-bond acceptors (Lipinski definition) is 5. The highest BCUT2D eigenvalue weighted by Gasteiger charge is 2.66. The Balaban J connectivity index is 2.19. The molecule has 0 saturated carbocycles. The minimum absolute atomic E-state index is 0.291. The Morgan fingerprint density at radius 1 is 1.20 bits per heavy atom. The van der Waals surface area contributed by atoms with E-state index in [2.05, 4.69) is 15.0 Å². The predicted molar refractivity (Wildman–Crippen MR) is 90.5 cm³/mol. The molecular formula is C18H14F5N3O4. The van der Waals surface area contributed by atoms with E-state index >= 15 is 0 Å². The van der Waals surface area contributed by atoms with E-state index in [0.717, 1.165) is 18.3 Å². The largest absolute Gasteiger partial charge is 0.437 e. The van der Waals surface area contributed by atoms with Gasteiger partial charge in [-0.1, -0.05) is 18.2 Å². The van der Waals surface area contributed by atoms with Crippen LogP contribution in [0, 0.1) is 5.92 Å². The van der Waals surface area contributed by atoms with Crippen LogP contribution in [0.1, 0.15) is 22.0 Å². The van der Waals surface area contributed by atoms with Crippen LogP contribution in [0.3, 0.4) is 0 Å². The molecule has 3 unspecified atom stereocenters. The Morgan fingerprint density at radius 3 is 2.50 bits per heavy atom. The number of Topliss-reactive ketones (excluding diaryl/α,β-unsaturated/α-hetero) is 1. The maximum Gasteiger partial charge on any atom is 0.437 e. The van der Waals surface area contributed by atoms with Gasteiger partial charge in [-0.15, -0.1) is 0 Å². The van der Waals surface area contributed by atoms with Crippen molar-refractivity contribution in [2.75, 3.05) is 0 Å². The van der Waals surface area contributed by atoms with Crippen molar-refractivity contribution in [3.8, 4) is 5.75 Å². The van der Waals surface area contributed by atoms with Crippen LogP contribution < -0.4 is 15.4 Å². The van der Waals surface area contributed by atoms with Crippen molar-refractivity contribution in [1.82, 2.24) is 15.6 Å². The van der Waals surface area contributed by atoms with Gasteiger partial charge in [-0.25, -0.2) is 4.79 Å². The Hall–Kier alpha value is -3.28. The molecule has 2 amide bonds. The van der Waals surface area contributed by atoms with E-state index < -0.39 is 48.0 Å². The smallest absolute Gasteiger partial charge is 0.434 e. The van der Waals surface area contributed by atoms with Gasteiger partial charge in [0.1, 0.15) is 11.7 Å². The van der Waals surface area contributed by atoms with Gasteiger partial charge in [0, 0.05) is 23.5 Å². The highest BCUT2D eigenvalue weighted by molar-refractivity contribution is 6.00. The number of hydrogen-bond donors (Lipinski definition) is 3. The zero-order chi connectivity index (χ0) is 22.1. The fraction of sp³-hybridized carbons (Fsp3) is 0.278. The summed E-state index contributed by atoms with van der Waals surface area (Å²) in [6.07, 6.45) is -3.23. The molecule has 1 aromatic heterocycles. The van der Waals surface area contributed by atoms with E-state index in [4.69, 9.17) is 0 Å². The van der Waals surface area contributed by atoms with Crippen molar-refractivity contribution in [3.63, 3.8) is 0 Å². The number of carbonyl (C=O) groups is 2. The highest BCUT2D eigenvalue weighted by atomic mass is 19.4. The Bertz CT molecular complexity index is 941. The van der Waals surface area contributed by atoms with Crippen LogP contribution in [0.25, 0.3) is 0 Å². The molecule has 3 rings (SSSR count). The van der Waals surface area contributed by atoms with Gasteiger partial charge in [0.05, 0.1) is 6.04 Å². The Kier molecular flexibility index (Phi) is 5.61. The van der Waals surface area contributed by atoms with E-state index in [9.17, 15) is 36.6 Å². The van der Waals surface area contributed by atoms with E-state index in [1.54, 1.807) is 0 Å². The summed E-state index contributed by atoms with van der Waals surface area (Å²) < 4.78 is 71.3. The van der Waals surface area contributed by atoms with Crippen molar-refractivity contribution in [2.24, 2.45) is 5.92 Å². The lowest BCUT2D eigenvalue weighted by molar-refractivity contribution is -0.287. The third-order valence-electron chi connectivity index (χ3n) is 4.50. The minimum Gasteiger partial charge on any atom is -0.434 e. The quantitative estimate of drug-likeness (QED) is 0.500. The second-order valence-corrected chi connectivity index (χ2v) is 6.34. The number of aliphatic hydroxyl groups is 1. The maximum absolute atomic E-state index is 13.8. The first-order chi connectivity index (χ1) is 14.0. The third kappa shape index (κ3) is 3.90. The summed E-state index contributed by atoms with van der Waals surface area (Å²) >= 11 is 0. The van der Waals surface area contributed by atoms with Crippen molar-refractivity contribution < 1.29 is 41.4 Å². The molecule has 0 radical (unpaired) electrons. The number of benzene rings is 1. The molecule has 0 bridgehead atoms. The lowest BCUT2D eigenvalue weighted by atomic mass is 9.77. The molecule has 2 heterocycles. The molecular weight excluding hydrogens is 417 g/mol. The number of ketones is 1. The van der Waals surface area contributed by atoms with E-state index in [1.807, 2.05) is 0 Å². The number of nitrogens with one attached hydrogen (secondary N) is 2. The Morgan fingerprint density at radius 2 is 1.90 bits per heavy atom. The highest BCUT2D eigenvalue weighted by Crippen LogP contribution is 2.45. The lowest BCUT2D eigenvalue weighted by Crippen LogP contribution is -2.72. The number of rotatable bonds is 5. The molecule has 1 fully saturated rings. The van der Waals surface area contributed by atoms with E-state index in [0.29, 0.717) is 0 Å². The number of alkyl halides is 5. The molecule has 1 aliphatic rings. The van der Waals surface area contributed by atoms with Gasteiger partial charge >= 0.3 is 18.8 Å². The summed E-state index contributed by atoms with van der Waals surface area (Å²) in [6.45, 7) is -3.32. The predicted octanol–water partition coefficient (Wildman–Crippen LogP) is 2.79. The van der Waals surface area contributed by atoms with Crippen molar-refractivity contribution in [3.05, 3.63) is 59.9 Å². The van der Waals surface area contributed by atoms with Crippen molar-refractivity contribution >= 4 is 11.8 Å². The number of para-hydroxylation sites is 1. The molecule has 3 N–H and O–H groups in total. The zero-order valence-corrected chi connectivity index (χ0v) is 14.9. The van der Waals surface area contributed by atoms with Gasteiger partial charge in [-0.3, -0.25) is 9.78 Å². The molecule has 0 aliphatic carbocycles. The van der Waals surface area contributed by atoms with E-state index in [1.165, 1.54) is 35.8 Å². The van der Waals surface area contributed by atoms with Gasteiger partial charge in [-0.05, 0) is 18.2 Å². The minimum atomic E-state index is -5.48. The summed E-state index contributed by atoms with van der Waals surface area (Å²) in [6, 6.07) is 3.86. The molecule has 3 atom stereocenters. The summed E-state index contributed by atoms with van der Waals surface area (Å²) in [4.78, 5) is 28.6. The summed E-state index contributed by atoms with van der Waals surface area (Å²) in [5.41, 5.74) is -4.64. The fourth-order valence-electron chi connectivity index (χ4n) is 3.23. The number of urea groups is 1. The number of aromatic nitrogens is 1. The number of pyridine rings is 1. The molecule has 1 saturated heterocycles. The van der Waals surface area contributed by atoms with Crippen LogP contribution in [-0.2, 0) is 0 Å². The number of nitrogens with zero attached hydrogens (tertiary/aromatic N) is 1. The van der Waals surface area contributed by atoms with Crippen LogP contribution >= 0.6 is 0 Å². The summed E-state index contributed by atoms with van der Waals surface area (Å²) in [5.74, 6) is -4.18. The monoisotopic (exact) mass is 431 g/mol. The molecule has 30 heavy (non-hydrogen) atoms. The molecule has 1 aliphatic heterocycles. The SMILES string of the molecule is O=C1NC(c2ccccc2OC(F)F)C(C(=O)c2cccnc2)C(O)(C(F)(F)F)N1. The average molecular weight is 431 g/mol. The van der Waals surface area contributed by atoms with Crippen LogP contribution in [0.2, 0.25) is 0 Å². The Labute approximate surface area is 165 Å². The first-order valence-electron chi connectivity index (χ1n) is 8.40. The fourth-order valence-corrected chi connectivity index (χ4v) is 3.23. The van der Waals surface area contributed by atoms with Gasteiger partial charge in [0.15, 0.2) is 5.78 Å². The van der Waals surface area contributed by atoms with Gasteiger partial charge in [0.2, 0.25) is 5.72 Å². The number of amides is 2. The van der Waals surface area contributed by atoms with Crippen molar-refractivity contribution in [1.29, 1.82) is 0 Å². The van der Waals surface area contributed by atoms with Gasteiger partial charge < -0.3 is 20.5 Å². The van der Waals surface area contributed by atoms with Crippen LogP contribution in [0.4, 0.5) is 26.7 Å². The molecule has 7 nitrogen and oxygen atoms in total. The first-order valence-corrected chi connectivity index (χ1v) is 8.40. The van der Waals surface area contributed by atoms with Crippen LogP contribution in [0.15, 0.2) is 48.8 Å². The number of halogens is 5. The van der Waals surface area contributed by atoms with Gasteiger partial charge in [0.25, 0.3) is 0 Å².